The van der Waals surface area contributed by atoms with Crippen molar-refractivity contribution in [1.29, 1.82) is 0 Å². The molecule has 0 spiro atoms. The van der Waals surface area contributed by atoms with E-state index in [1.165, 1.54) is 28.5 Å². The van der Waals surface area contributed by atoms with Gasteiger partial charge in [-0.3, -0.25) is 0 Å². The molecule has 2 aromatic heterocycles. The number of rotatable bonds is 3. The SMILES string of the molecule is Cn1nncc1Sc1nc(C(=O)O)cs1. The van der Waals surface area contributed by atoms with Crippen LogP contribution in [0.4, 0.5) is 0 Å². The van der Waals surface area contributed by atoms with Gasteiger partial charge in [-0.05, 0) is 11.8 Å². The maximum atomic E-state index is 10.6. The summed E-state index contributed by atoms with van der Waals surface area (Å²) in [4.78, 5) is 14.5. The average molecular weight is 242 g/mol. The molecule has 2 heterocycles. The maximum absolute atomic E-state index is 10.6. The molecule has 0 aliphatic heterocycles. The van der Waals surface area contributed by atoms with Crippen molar-refractivity contribution in [2.45, 2.75) is 9.37 Å². The molecular formula is C7H6N4O2S2. The van der Waals surface area contributed by atoms with Crippen molar-refractivity contribution in [3.8, 4) is 0 Å². The first kappa shape index (κ1) is 10.1. The number of aromatic carboxylic acids is 1. The van der Waals surface area contributed by atoms with Gasteiger partial charge in [-0.1, -0.05) is 5.21 Å². The van der Waals surface area contributed by atoms with Gasteiger partial charge in [0.05, 0.1) is 6.20 Å². The van der Waals surface area contributed by atoms with E-state index in [4.69, 9.17) is 5.11 Å². The second kappa shape index (κ2) is 3.99. The van der Waals surface area contributed by atoms with Gasteiger partial charge in [0, 0.05) is 12.4 Å². The minimum atomic E-state index is -1.01. The Morgan fingerprint density at radius 3 is 3.00 bits per heavy atom. The Bertz CT molecular complexity index is 493. The first-order valence-electron chi connectivity index (χ1n) is 3.88. The van der Waals surface area contributed by atoms with E-state index in [1.54, 1.807) is 17.9 Å². The van der Waals surface area contributed by atoms with Gasteiger partial charge >= 0.3 is 5.97 Å². The lowest BCUT2D eigenvalue weighted by Crippen LogP contribution is -1.95. The molecule has 2 rings (SSSR count). The quantitative estimate of drug-likeness (QED) is 0.868. The number of carbonyl (C=O) groups is 1. The lowest BCUT2D eigenvalue weighted by molar-refractivity contribution is 0.0691. The first-order valence-corrected chi connectivity index (χ1v) is 5.58. The molecule has 0 aliphatic rings. The number of aromatic nitrogens is 4. The highest BCUT2D eigenvalue weighted by Gasteiger charge is 2.11. The molecule has 6 nitrogen and oxygen atoms in total. The topological polar surface area (TPSA) is 80.9 Å². The summed E-state index contributed by atoms with van der Waals surface area (Å²) < 4.78 is 2.27. The Kier molecular flexibility index (Phi) is 2.69. The Balaban J connectivity index is 2.18. The second-order valence-electron chi connectivity index (χ2n) is 2.60. The van der Waals surface area contributed by atoms with Crippen LogP contribution in [-0.2, 0) is 7.05 Å². The molecule has 8 heteroatoms. The molecule has 78 valence electrons. The molecule has 0 aromatic carbocycles. The number of aryl methyl sites for hydroxylation is 1. The van der Waals surface area contributed by atoms with Crippen molar-refractivity contribution >= 4 is 29.1 Å². The number of carboxylic acids is 1. The normalized spacial score (nSPS) is 10.5. The van der Waals surface area contributed by atoms with Crippen LogP contribution in [0, 0.1) is 0 Å². The summed E-state index contributed by atoms with van der Waals surface area (Å²) in [7, 11) is 1.76. The Labute approximate surface area is 93.0 Å². The first-order chi connectivity index (χ1) is 7.16. The monoisotopic (exact) mass is 242 g/mol. The van der Waals surface area contributed by atoms with E-state index >= 15 is 0 Å². The van der Waals surface area contributed by atoms with E-state index in [2.05, 4.69) is 15.3 Å². The smallest absolute Gasteiger partial charge is 0.355 e. The lowest BCUT2D eigenvalue weighted by Gasteiger charge is -1.94. The maximum Gasteiger partial charge on any atom is 0.355 e. The Morgan fingerprint density at radius 1 is 1.67 bits per heavy atom. The molecular weight excluding hydrogens is 236 g/mol. The van der Waals surface area contributed by atoms with Gasteiger partial charge in [-0.2, -0.15) is 0 Å². The predicted molar refractivity (Wildman–Crippen MR) is 54.2 cm³/mol. The van der Waals surface area contributed by atoms with Crippen molar-refractivity contribution in [1.82, 2.24) is 20.0 Å². The Hall–Kier alpha value is -1.41. The summed E-state index contributed by atoms with van der Waals surface area (Å²) in [6, 6.07) is 0. The van der Waals surface area contributed by atoms with E-state index in [1.807, 2.05) is 0 Å². The number of nitrogens with zero attached hydrogens (tertiary/aromatic N) is 4. The van der Waals surface area contributed by atoms with E-state index in [-0.39, 0.29) is 5.69 Å². The second-order valence-corrected chi connectivity index (χ2v) is 4.73. The van der Waals surface area contributed by atoms with Gasteiger partial charge in [0.25, 0.3) is 0 Å². The van der Waals surface area contributed by atoms with Crippen molar-refractivity contribution in [3.05, 3.63) is 17.3 Å². The van der Waals surface area contributed by atoms with Gasteiger partial charge in [0.15, 0.2) is 10.0 Å². The number of carboxylic acid groups (broad SMARTS) is 1. The van der Waals surface area contributed by atoms with E-state index in [0.29, 0.717) is 4.34 Å². The zero-order valence-corrected chi connectivity index (χ0v) is 9.25. The van der Waals surface area contributed by atoms with Gasteiger partial charge < -0.3 is 5.11 Å². The fourth-order valence-corrected chi connectivity index (χ4v) is 2.57. The van der Waals surface area contributed by atoms with Crippen LogP contribution in [0.15, 0.2) is 20.9 Å². The zero-order valence-electron chi connectivity index (χ0n) is 7.62. The largest absolute Gasteiger partial charge is 0.476 e. The van der Waals surface area contributed by atoms with Gasteiger partial charge in [-0.15, -0.1) is 16.4 Å². The summed E-state index contributed by atoms with van der Waals surface area (Å²) in [6.07, 6.45) is 1.60. The fourth-order valence-electron chi connectivity index (χ4n) is 0.865. The zero-order chi connectivity index (χ0) is 10.8. The summed E-state index contributed by atoms with van der Waals surface area (Å²) >= 11 is 2.63. The predicted octanol–water partition coefficient (Wildman–Crippen LogP) is 1.12. The van der Waals surface area contributed by atoms with Crippen molar-refractivity contribution in [3.63, 3.8) is 0 Å². The van der Waals surface area contributed by atoms with Crippen LogP contribution in [0.25, 0.3) is 0 Å². The van der Waals surface area contributed by atoms with Crippen LogP contribution in [0.1, 0.15) is 10.5 Å². The van der Waals surface area contributed by atoms with E-state index < -0.39 is 5.97 Å². The molecule has 0 fully saturated rings. The van der Waals surface area contributed by atoms with Gasteiger partial charge in [0.2, 0.25) is 0 Å². The molecule has 0 saturated heterocycles. The summed E-state index contributed by atoms with van der Waals surface area (Å²) in [5, 5.41) is 18.5. The number of hydrogen-bond acceptors (Lipinski definition) is 6. The molecule has 2 aromatic rings. The summed E-state index contributed by atoms with van der Waals surface area (Å²) in [5.41, 5.74) is 0.0672. The molecule has 0 saturated carbocycles. The van der Waals surface area contributed by atoms with E-state index in [9.17, 15) is 4.79 Å². The fraction of sp³-hybridized carbons (Fsp3) is 0.143. The van der Waals surface area contributed by atoms with Crippen LogP contribution in [-0.4, -0.2) is 31.1 Å². The number of thiazole rings is 1. The van der Waals surface area contributed by atoms with E-state index in [0.717, 1.165) is 5.03 Å². The average Bonchev–Trinajstić information content (AvgIpc) is 2.77. The van der Waals surface area contributed by atoms with Crippen LogP contribution < -0.4 is 0 Å². The highest BCUT2D eigenvalue weighted by atomic mass is 32.2. The highest BCUT2D eigenvalue weighted by Crippen LogP contribution is 2.29. The van der Waals surface area contributed by atoms with Crippen molar-refractivity contribution < 1.29 is 9.90 Å². The molecule has 0 unspecified atom stereocenters. The Morgan fingerprint density at radius 2 is 2.47 bits per heavy atom. The third-order valence-electron chi connectivity index (χ3n) is 1.57. The van der Waals surface area contributed by atoms with Gasteiger partial charge in [0.1, 0.15) is 5.03 Å². The lowest BCUT2D eigenvalue weighted by atomic mass is 10.5. The van der Waals surface area contributed by atoms with Crippen LogP contribution in [0.2, 0.25) is 0 Å². The van der Waals surface area contributed by atoms with Crippen LogP contribution in [0.5, 0.6) is 0 Å². The summed E-state index contributed by atoms with van der Waals surface area (Å²) in [6.45, 7) is 0. The molecule has 0 bridgehead atoms. The molecule has 1 N–H and O–H groups in total. The minimum absolute atomic E-state index is 0.0672. The molecule has 0 radical (unpaired) electrons. The molecule has 0 atom stereocenters. The molecule has 0 aliphatic carbocycles. The van der Waals surface area contributed by atoms with Crippen molar-refractivity contribution in [2.75, 3.05) is 0 Å². The molecule has 0 amide bonds. The van der Waals surface area contributed by atoms with Crippen LogP contribution >= 0.6 is 23.1 Å². The third kappa shape index (κ3) is 2.16. The summed E-state index contributed by atoms with van der Waals surface area (Å²) in [5.74, 6) is -1.01. The minimum Gasteiger partial charge on any atom is -0.476 e. The molecule has 15 heavy (non-hydrogen) atoms. The van der Waals surface area contributed by atoms with Crippen LogP contribution in [0.3, 0.4) is 0 Å². The van der Waals surface area contributed by atoms with Gasteiger partial charge in [-0.25, -0.2) is 14.5 Å². The standard InChI is InChI=1S/C7H6N4O2S2/c1-11-5(2-8-10-11)15-7-9-4(3-14-7)6(12)13/h2-3H,1H3,(H,12,13). The third-order valence-corrected chi connectivity index (χ3v) is 3.58. The number of hydrogen-bond donors (Lipinski definition) is 1. The highest BCUT2D eigenvalue weighted by molar-refractivity contribution is 8.01. The van der Waals surface area contributed by atoms with Crippen molar-refractivity contribution in [2.24, 2.45) is 7.05 Å².